The van der Waals surface area contributed by atoms with Crippen LogP contribution in [0.3, 0.4) is 0 Å². The van der Waals surface area contributed by atoms with E-state index >= 15 is 0 Å². The average Bonchev–Trinajstić information content (AvgIpc) is 2.82. The lowest BCUT2D eigenvalue weighted by Gasteiger charge is -2.48. The molecule has 0 aromatic rings. The summed E-state index contributed by atoms with van der Waals surface area (Å²) in [5.41, 5.74) is 0. The summed E-state index contributed by atoms with van der Waals surface area (Å²) in [6, 6.07) is 0. The Morgan fingerprint density at radius 1 is 1.03 bits per heavy atom. The molecule has 1 aliphatic heterocycles. The first-order valence-electron chi connectivity index (χ1n) is 15.3. The molecule has 1 aliphatic rings. The second kappa shape index (κ2) is 17.9. The number of ether oxygens (including phenoxy) is 3. The molecule has 0 aromatic carbocycles. The second-order valence-corrected chi connectivity index (χ2v) is 17.7. The van der Waals surface area contributed by atoms with Gasteiger partial charge >= 0.3 is 6.16 Å². The third kappa shape index (κ3) is 13.6. The minimum atomic E-state index is -2.27. The standard InChI is InChI=1S/C30H61NO6Si/c1-9-26(20-16-14-12-10-11-13-15-18-24-34-27-21-17-19-25-35-27)30(36-28(32)33,22-23-31(5)6)37-38(7,8)29(2,3)4/h26-27H,9-25H2,1-8H3,(H,32,33). The largest absolute Gasteiger partial charge is 0.508 e. The molecule has 0 bridgehead atoms. The van der Waals surface area contributed by atoms with Gasteiger partial charge in [0.1, 0.15) is 0 Å². The molecule has 0 aliphatic carbocycles. The zero-order valence-corrected chi connectivity index (χ0v) is 27.1. The van der Waals surface area contributed by atoms with Crippen LogP contribution >= 0.6 is 0 Å². The van der Waals surface area contributed by atoms with Gasteiger partial charge < -0.3 is 28.6 Å². The van der Waals surface area contributed by atoms with Gasteiger partial charge in [-0.05, 0) is 70.8 Å². The number of carboxylic acid groups (broad SMARTS) is 1. The molecule has 7 nitrogen and oxygen atoms in total. The molecule has 8 heteroatoms. The summed E-state index contributed by atoms with van der Waals surface area (Å²) in [7, 11) is 1.75. The number of hydrogen-bond donors (Lipinski definition) is 1. The molecule has 0 spiro atoms. The zero-order chi connectivity index (χ0) is 28.7. The van der Waals surface area contributed by atoms with Crippen molar-refractivity contribution < 1.29 is 28.5 Å². The van der Waals surface area contributed by atoms with Crippen molar-refractivity contribution in [3.05, 3.63) is 0 Å². The fourth-order valence-electron chi connectivity index (χ4n) is 4.95. The van der Waals surface area contributed by atoms with Gasteiger partial charge in [0.25, 0.3) is 0 Å². The number of carbonyl (C=O) groups is 1. The monoisotopic (exact) mass is 559 g/mol. The molecule has 1 rings (SSSR count). The molecule has 38 heavy (non-hydrogen) atoms. The van der Waals surface area contributed by atoms with E-state index in [0.717, 1.165) is 64.7 Å². The number of hydrogen-bond acceptors (Lipinski definition) is 6. The Hall–Kier alpha value is -0.673. The SMILES string of the molecule is CCC(CCCCCCCCCCOC1CCCCO1)C(CCN(C)C)(OC(=O)O)O[Si](C)(C)C(C)(C)C. The Labute approximate surface area is 235 Å². The van der Waals surface area contributed by atoms with Gasteiger partial charge in [-0.3, -0.25) is 0 Å². The van der Waals surface area contributed by atoms with Gasteiger partial charge in [0.05, 0.1) is 0 Å². The summed E-state index contributed by atoms with van der Waals surface area (Å²) in [5.74, 6) is -1.06. The highest BCUT2D eigenvalue weighted by Crippen LogP contribution is 2.44. The van der Waals surface area contributed by atoms with Crippen LogP contribution in [0.2, 0.25) is 18.1 Å². The van der Waals surface area contributed by atoms with Crippen molar-refractivity contribution in [2.24, 2.45) is 5.92 Å². The summed E-state index contributed by atoms with van der Waals surface area (Å²) in [6.45, 7) is 15.5. The van der Waals surface area contributed by atoms with Crippen LogP contribution in [0, 0.1) is 5.92 Å². The van der Waals surface area contributed by atoms with Crippen LogP contribution in [0.4, 0.5) is 4.79 Å². The minimum absolute atomic E-state index is 0.0329. The minimum Gasteiger partial charge on any atom is -0.450 e. The van der Waals surface area contributed by atoms with E-state index in [9.17, 15) is 9.90 Å². The van der Waals surface area contributed by atoms with Crippen molar-refractivity contribution in [3.8, 4) is 0 Å². The zero-order valence-electron chi connectivity index (χ0n) is 26.1. The van der Waals surface area contributed by atoms with Gasteiger partial charge in [-0.15, -0.1) is 0 Å². The van der Waals surface area contributed by atoms with Crippen LogP contribution < -0.4 is 0 Å². The molecule has 226 valence electrons. The molecule has 1 heterocycles. The maximum atomic E-state index is 11.9. The summed E-state index contributed by atoms with van der Waals surface area (Å²) < 4.78 is 24.1. The Morgan fingerprint density at radius 2 is 1.63 bits per heavy atom. The smallest absolute Gasteiger partial charge is 0.450 e. The lowest BCUT2D eigenvalue weighted by molar-refractivity contribution is -0.204. The maximum absolute atomic E-state index is 11.9. The highest BCUT2D eigenvalue weighted by atomic mass is 28.4. The first-order chi connectivity index (χ1) is 17.8. The second-order valence-electron chi connectivity index (χ2n) is 13.0. The van der Waals surface area contributed by atoms with Crippen molar-refractivity contribution in [1.82, 2.24) is 4.90 Å². The maximum Gasteiger partial charge on any atom is 0.508 e. The number of rotatable bonds is 20. The Morgan fingerprint density at radius 3 is 2.13 bits per heavy atom. The van der Waals surface area contributed by atoms with E-state index in [4.69, 9.17) is 18.6 Å². The van der Waals surface area contributed by atoms with E-state index < -0.39 is 20.3 Å². The van der Waals surface area contributed by atoms with Gasteiger partial charge in [-0.2, -0.15) is 0 Å². The van der Waals surface area contributed by atoms with Gasteiger partial charge in [-0.25, -0.2) is 4.79 Å². The Balaban J connectivity index is 2.51. The predicted octanol–water partition coefficient (Wildman–Crippen LogP) is 8.43. The lowest BCUT2D eigenvalue weighted by Crippen LogP contribution is -2.56. The quantitative estimate of drug-likeness (QED) is 0.0694. The molecule has 1 N–H and O–H groups in total. The van der Waals surface area contributed by atoms with Gasteiger partial charge in [0, 0.05) is 32.1 Å². The molecule has 3 atom stereocenters. The molecule has 3 unspecified atom stereocenters. The molecule has 0 aromatic heterocycles. The van der Waals surface area contributed by atoms with Crippen LogP contribution in [0.15, 0.2) is 0 Å². The summed E-state index contributed by atoms with van der Waals surface area (Å²) in [5, 5.41) is 9.72. The van der Waals surface area contributed by atoms with Crippen molar-refractivity contribution in [1.29, 1.82) is 0 Å². The first-order valence-corrected chi connectivity index (χ1v) is 18.2. The van der Waals surface area contributed by atoms with Gasteiger partial charge in [0.15, 0.2) is 14.6 Å². The third-order valence-electron chi connectivity index (χ3n) is 8.41. The van der Waals surface area contributed by atoms with E-state index in [0.29, 0.717) is 6.42 Å². The van der Waals surface area contributed by atoms with Crippen molar-refractivity contribution >= 4 is 14.5 Å². The summed E-state index contributed by atoms with van der Waals surface area (Å²) >= 11 is 0. The Kier molecular flexibility index (Phi) is 16.7. The van der Waals surface area contributed by atoms with Crippen molar-refractivity contribution in [2.75, 3.05) is 33.9 Å². The van der Waals surface area contributed by atoms with Crippen molar-refractivity contribution in [3.63, 3.8) is 0 Å². The van der Waals surface area contributed by atoms with Crippen molar-refractivity contribution in [2.45, 2.75) is 148 Å². The molecule has 1 fully saturated rings. The topological polar surface area (TPSA) is 77.5 Å². The molecule has 0 saturated carbocycles. The van der Waals surface area contributed by atoms with E-state index in [1.807, 2.05) is 14.1 Å². The van der Waals surface area contributed by atoms with Gasteiger partial charge in [-0.1, -0.05) is 72.6 Å². The summed E-state index contributed by atoms with van der Waals surface area (Å²) in [6.07, 6.45) is 14.1. The fourth-order valence-corrected chi connectivity index (χ4v) is 6.43. The Bertz CT molecular complexity index is 633. The fraction of sp³-hybridized carbons (Fsp3) is 0.967. The highest BCUT2D eigenvalue weighted by molar-refractivity contribution is 6.74. The highest BCUT2D eigenvalue weighted by Gasteiger charge is 2.50. The molecule has 0 amide bonds. The van der Waals surface area contributed by atoms with Gasteiger partial charge in [0.2, 0.25) is 5.79 Å². The van der Waals surface area contributed by atoms with Crippen LogP contribution in [0.1, 0.15) is 118 Å². The van der Waals surface area contributed by atoms with E-state index in [2.05, 4.69) is 45.7 Å². The van der Waals surface area contributed by atoms with Crippen LogP contribution in [-0.2, 0) is 18.6 Å². The first kappa shape index (κ1) is 35.4. The van der Waals surface area contributed by atoms with E-state index in [1.54, 1.807) is 0 Å². The van der Waals surface area contributed by atoms with E-state index in [1.165, 1.54) is 38.5 Å². The van der Waals surface area contributed by atoms with Crippen LogP contribution in [-0.4, -0.2) is 70.4 Å². The molecule has 0 radical (unpaired) electrons. The summed E-state index contributed by atoms with van der Waals surface area (Å²) in [4.78, 5) is 14.0. The van der Waals surface area contributed by atoms with Crippen LogP contribution in [0.25, 0.3) is 0 Å². The molecular weight excluding hydrogens is 498 g/mol. The lowest BCUT2D eigenvalue weighted by atomic mass is 9.87. The normalized spacial score (nSPS) is 19.3. The molecule has 1 saturated heterocycles. The predicted molar refractivity (Wildman–Crippen MR) is 158 cm³/mol. The average molecular weight is 560 g/mol. The van der Waals surface area contributed by atoms with E-state index in [-0.39, 0.29) is 17.2 Å². The number of unbranched alkanes of at least 4 members (excludes halogenated alkanes) is 7. The van der Waals surface area contributed by atoms with Crippen LogP contribution in [0.5, 0.6) is 0 Å². The molecular formula is C30H61NO6Si. The number of nitrogens with zero attached hydrogens (tertiary/aromatic N) is 1. The third-order valence-corrected chi connectivity index (χ3v) is 12.9.